The lowest BCUT2D eigenvalue weighted by Gasteiger charge is -2.10. The molecule has 2 aromatic heterocycles. The first-order valence-corrected chi connectivity index (χ1v) is 6.22. The fraction of sp³-hybridized carbons (Fsp3) is 0.583. The van der Waals surface area contributed by atoms with Gasteiger partial charge in [0.2, 0.25) is 0 Å². The molecule has 0 bridgehead atoms. The van der Waals surface area contributed by atoms with Crippen molar-refractivity contribution in [2.45, 2.75) is 33.5 Å². The molecule has 0 aliphatic rings. The monoisotopic (exact) mass is 248 g/mol. The zero-order valence-corrected chi connectivity index (χ0v) is 11.2. The number of hydrogen-bond donors (Lipinski definition) is 1. The fourth-order valence-corrected chi connectivity index (χ4v) is 1.88. The second-order valence-electron chi connectivity index (χ2n) is 4.76. The van der Waals surface area contributed by atoms with Gasteiger partial charge < -0.3 is 5.32 Å². The first kappa shape index (κ1) is 12.8. The largest absolute Gasteiger partial charge is 0.314 e. The third kappa shape index (κ3) is 2.95. The Morgan fingerprint density at radius 2 is 2.11 bits per heavy atom. The molecule has 0 saturated carbocycles. The summed E-state index contributed by atoms with van der Waals surface area (Å²) in [6, 6.07) is 2.01. The summed E-state index contributed by atoms with van der Waals surface area (Å²) in [7, 11) is 1.93. The van der Waals surface area contributed by atoms with Crippen LogP contribution in [0.25, 0.3) is 0 Å². The van der Waals surface area contributed by atoms with Crippen molar-refractivity contribution < 1.29 is 0 Å². The quantitative estimate of drug-likeness (QED) is 0.825. The Balaban J connectivity index is 2.13. The molecule has 1 N–H and O–H groups in total. The van der Waals surface area contributed by atoms with Crippen molar-refractivity contribution in [2.24, 2.45) is 5.92 Å². The van der Waals surface area contributed by atoms with E-state index in [1.165, 1.54) is 0 Å². The normalized spacial score (nSPS) is 11.3. The van der Waals surface area contributed by atoms with Gasteiger partial charge in [-0.25, -0.2) is 9.67 Å². The molecule has 0 aliphatic carbocycles. The van der Waals surface area contributed by atoms with Gasteiger partial charge in [0.25, 0.3) is 0 Å². The molecule has 0 saturated heterocycles. The van der Waals surface area contributed by atoms with E-state index >= 15 is 0 Å². The van der Waals surface area contributed by atoms with Crippen LogP contribution in [0.3, 0.4) is 0 Å². The van der Waals surface area contributed by atoms with Crippen LogP contribution in [-0.2, 0) is 19.6 Å². The first-order chi connectivity index (χ1) is 8.70. The standard InChI is InChI=1S/C12H20N6/c1-10(2)7-18-12(14-9-16-18)8-17-11(6-13-3)4-5-15-17/h4-5,9-10,13H,6-8H2,1-3H3. The molecule has 2 aromatic rings. The SMILES string of the molecule is CNCc1ccnn1Cc1ncnn1CC(C)C. The minimum Gasteiger partial charge on any atom is -0.314 e. The average molecular weight is 248 g/mol. The van der Waals surface area contributed by atoms with E-state index in [4.69, 9.17) is 0 Å². The van der Waals surface area contributed by atoms with Crippen molar-refractivity contribution in [1.82, 2.24) is 29.9 Å². The minimum atomic E-state index is 0.555. The maximum absolute atomic E-state index is 4.33. The van der Waals surface area contributed by atoms with Crippen molar-refractivity contribution in [3.05, 3.63) is 30.1 Å². The molecule has 2 heterocycles. The molecule has 0 unspecified atom stereocenters. The highest BCUT2D eigenvalue weighted by atomic mass is 15.4. The molecular formula is C12H20N6. The molecule has 0 aromatic carbocycles. The zero-order chi connectivity index (χ0) is 13.0. The summed E-state index contributed by atoms with van der Waals surface area (Å²) in [4.78, 5) is 4.32. The van der Waals surface area contributed by atoms with Crippen LogP contribution in [0.4, 0.5) is 0 Å². The van der Waals surface area contributed by atoms with Gasteiger partial charge in [-0.3, -0.25) is 4.68 Å². The zero-order valence-electron chi connectivity index (χ0n) is 11.2. The number of hydrogen-bond acceptors (Lipinski definition) is 4. The summed E-state index contributed by atoms with van der Waals surface area (Å²) in [5.41, 5.74) is 1.15. The van der Waals surface area contributed by atoms with Gasteiger partial charge in [-0.2, -0.15) is 10.2 Å². The van der Waals surface area contributed by atoms with Crippen LogP contribution in [0, 0.1) is 5.92 Å². The molecule has 0 fully saturated rings. The molecule has 0 spiro atoms. The maximum Gasteiger partial charge on any atom is 0.148 e. The number of nitrogens with one attached hydrogen (secondary N) is 1. The summed E-state index contributed by atoms with van der Waals surface area (Å²) in [5.74, 6) is 1.50. The van der Waals surface area contributed by atoms with Gasteiger partial charge >= 0.3 is 0 Å². The summed E-state index contributed by atoms with van der Waals surface area (Å²) in [5, 5.41) is 11.7. The van der Waals surface area contributed by atoms with Crippen molar-refractivity contribution in [2.75, 3.05) is 7.05 Å². The second-order valence-corrected chi connectivity index (χ2v) is 4.76. The van der Waals surface area contributed by atoms with Crippen molar-refractivity contribution in [3.63, 3.8) is 0 Å². The predicted molar refractivity (Wildman–Crippen MR) is 69.0 cm³/mol. The third-order valence-corrected chi connectivity index (χ3v) is 2.69. The lowest BCUT2D eigenvalue weighted by atomic mass is 10.2. The van der Waals surface area contributed by atoms with Gasteiger partial charge in [-0.05, 0) is 19.0 Å². The highest BCUT2D eigenvalue weighted by molar-refractivity contribution is 5.02. The maximum atomic E-state index is 4.33. The van der Waals surface area contributed by atoms with E-state index in [1.54, 1.807) is 6.33 Å². The topological polar surface area (TPSA) is 60.6 Å². The van der Waals surface area contributed by atoms with Gasteiger partial charge in [-0.1, -0.05) is 13.8 Å². The van der Waals surface area contributed by atoms with Gasteiger partial charge in [0.05, 0.1) is 5.69 Å². The summed E-state index contributed by atoms with van der Waals surface area (Å²) in [6.07, 6.45) is 3.43. The second kappa shape index (κ2) is 5.77. The number of nitrogens with zero attached hydrogens (tertiary/aromatic N) is 5. The van der Waals surface area contributed by atoms with Gasteiger partial charge in [-0.15, -0.1) is 0 Å². The summed E-state index contributed by atoms with van der Waals surface area (Å²) < 4.78 is 3.91. The van der Waals surface area contributed by atoms with Crippen LogP contribution in [0.2, 0.25) is 0 Å². The number of rotatable bonds is 6. The highest BCUT2D eigenvalue weighted by Crippen LogP contribution is 2.05. The van der Waals surface area contributed by atoms with Crippen molar-refractivity contribution in [1.29, 1.82) is 0 Å². The van der Waals surface area contributed by atoms with Gasteiger partial charge in [0, 0.05) is 19.3 Å². The summed E-state index contributed by atoms with van der Waals surface area (Å²) in [6.45, 7) is 6.70. The molecule has 0 atom stereocenters. The Bertz CT molecular complexity index is 484. The molecule has 6 heteroatoms. The minimum absolute atomic E-state index is 0.555. The van der Waals surface area contributed by atoms with E-state index in [-0.39, 0.29) is 0 Å². The molecule has 0 aliphatic heterocycles. The van der Waals surface area contributed by atoms with Crippen LogP contribution < -0.4 is 5.32 Å². The van der Waals surface area contributed by atoms with Crippen LogP contribution >= 0.6 is 0 Å². The lowest BCUT2D eigenvalue weighted by molar-refractivity contribution is 0.453. The summed E-state index contributed by atoms with van der Waals surface area (Å²) >= 11 is 0. The smallest absolute Gasteiger partial charge is 0.148 e. The molecular weight excluding hydrogens is 228 g/mol. The van der Waals surface area contributed by atoms with E-state index in [9.17, 15) is 0 Å². The Labute approximate surface area is 107 Å². The van der Waals surface area contributed by atoms with Crippen molar-refractivity contribution in [3.8, 4) is 0 Å². The Morgan fingerprint density at radius 1 is 1.28 bits per heavy atom. The fourth-order valence-electron chi connectivity index (χ4n) is 1.88. The van der Waals surface area contributed by atoms with E-state index < -0.39 is 0 Å². The van der Waals surface area contributed by atoms with E-state index in [0.29, 0.717) is 12.5 Å². The first-order valence-electron chi connectivity index (χ1n) is 6.22. The molecule has 0 radical (unpaired) electrons. The highest BCUT2D eigenvalue weighted by Gasteiger charge is 2.09. The van der Waals surface area contributed by atoms with Gasteiger partial charge in [0.1, 0.15) is 18.7 Å². The van der Waals surface area contributed by atoms with Crippen molar-refractivity contribution >= 4 is 0 Å². The van der Waals surface area contributed by atoms with E-state index in [2.05, 4.69) is 34.3 Å². The van der Waals surface area contributed by atoms with Crippen LogP contribution in [0.1, 0.15) is 25.4 Å². The molecule has 0 amide bonds. The average Bonchev–Trinajstić information content (AvgIpc) is 2.91. The van der Waals surface area contributed by atoms with Crippen LogP contribution in [0.5, 0.6) is 0 Å². The molecule has 2 rings (SSSR count). The Morgan fingerprint density at radius 3 is 2.83 bits per heavy atom. The predicted octanol–water partition coefficient (Wildman–Crippen LogP) is 0.898. The molecule has 18 heavy (non-hydrogen) atoms. The van der Waals surface area contributed by atoms with Gasteiger partial charge in [0.15, 0.2) is 0 Å². The Hall–Kier alpha value is -1.69. The lowest BCUT2D eigenvalue weighted by Crippen LogP contribution is -2.17. The molecule has 6 nitrogen and oxygen atoms in total. The van der Waals surface area contributed by atoms with E-state index in [0.717, 1.165) is 24.6 Å². The third-order valence-electron chi connectivity index (χ3n) is 2.69. The van der Waals surface area contributed by atoms with E-state index in [1.807, 2.05) is 28.7 Å². The molecule has 98 valence electrons. The van der Waals surface area contributed by atoms with Crippen LogP contribution in [0.15, 0.2) is 18.6 Å². The Kier molecular flexibility index (Phi) is 4.09. The van der Waals surface area contributed by atoms with Crippen LogP contribution in [-0.4, -0.2) is 31.6 Å². The number of aromatic nitrogens is 5.